The number of hydrogen-bond acceptors (Lipinski definition) is 8. The summed E-state index contributed by atoms with van der Waals surface area (Å²) in [5.74, 6) is 0.000560. The third-order valence-electron chi connectivity index (χ3n) is 7.03. The van der Waals surface area contributed by atoms with Crippen molar-refractivity contribution in [2.45, 2.75) is 76.8 Å². The number of nitrogens with one attached hydrogen (secondary N) is 1. The van der Waals surface area contributed by atoms with E-state index >= 15 is 0 Å². The lowest BCUT2D eigenvalue weighted by Gasteiger charge is -2.40. The summed E-state index contributed by atoms with van der Waals surface area (Å²) in [5.41, 5.74) is 1.36. The van der Waals surface area contributed by atoms with E-state index in [4.69, 9.17) is 13.7 Å². The number of hydrogen-bond donors (Lipinski definition) is 1. The summed E-state index contributed by atoms with van der Waals surface area (Å²) in [4.78, 5) is 21.5. The molecule has 1 N–H and O–H groups in total. The molecule has 1 aromatic carbocycles. The van der Waals surface area contributed by atoms with Gasteiger partial charge in [-0.1, -0.05) is 51.1 Å². The van der Waals surface area contributed by atoms with Crippen LogP contribution in [-0.2, 0) is 13.7 Å². The summed E-state index contributed by atoms with van der Waals surface area (Å²) >= 11 is 0. The number of ether oxygens (including phenoxy) is 1. The zero-order valence-corrected chi connectivity index (χ0v) is 24.7. The van der Waals surface area contributed by atoms with Gasteiger partial charge < -0.3 is 19.0 Å². The van der Waals surface area contributed by atoms with E-state index < -0.39 is 28.8 Å². The molecule has 4 rings (SSSR count). The average molecular weight is 545 g/mol. The van der Waals surface area contributed by atoms with Gasteiger partial charge in [-0.05, 0) is 50.0 Å². The zero-order valence-electron chi connectivity index (χ0n) is 22.8. The summed E-state index contributed by atoms with van der Waals surface area (Å²) < 4.78 is 21.6. The molecule has 0 saturated carbocycles. The Bertz CT molecular complexity index is 1230. The molecule has 1 amide bonds. The average Bonchev–Trinajstić information content (AvgIpc) is 3.40. The van der Waals surface area contributed by atoms with Gasteiger partial charge in [-0.2, -0.15) is 4.68 Å². The van der Waals surface area contributed by atoms with Crippen molar-refractivity contribution >= 4 is 39.4 Å². The van der Waals surface area contributed by atoms with Gasteiger partial charge in [-0.25, -0.2) is 9.97 Å². The Kier molecular flexibility index (Phi) is 8.11. The largest absolute Gasteiger partial charge is 0.406 e. The molecule has 3 aromatic rings. The second-order valence-corrected chi connectivity index (χ2v) is 17.5. The second-order valence-electron chi connectivity index (χ2n) is 10.9. The number of rotatable bonds is 8. The van der Waals surface area contributed by atoms with Crippen LogP contribution in [0.15, 0.2) is 36.7 Å². The number of aromatic nitrogens is 5. The highest BCUT2D eigenvalue weighted by Gasteiger charge is 2.52. The number of benzene rings is 1. The van der Waals surface area contributed by atoms with Crippen LogP contribution in [0.1, 0.15) is 50.7 Å². The Hall–Kier alpha value is -2.30. The smallest absolute Gasteiger partial charge is 0.256 e. The molecule has 200 valence electrons. The summed E-state index contributed by atoms with van der Waals surface area (Å²) in [5, 5.41) is 11.6. The van der Waals surface area contributed by atoms with Crippen LogP contribution in [0.2, 0.25) is 18.1 Å². The first-order valence-corrected chi connectivity index (χ1v) is 17.6. The van der Waals surface area contributed by atoms with Gasteiger partial charge in [0.15, 0.2) is 31.5 Å². The van der Waals surface area contributed by atoms with Crippen molar-refractivity contribution in [1.29, 1.82) is 0 Å². The number of carbonyl (C=O) groups excluding carboxylic acids is 1. The van der Waals surface area contributed by atoms with Crippen LogP contribution in [0.5, 0.6) is 0 Å². The molecule has 10 nitrogen and oxygen atoms in total. The Morgan fingerprint density at radius 1 is 1.16 bits per heavy atom. The number of amides is 1. The van der Waals surface area contributed by atoms with Crippen molar-refractivity contribution in [2.24, 2.45) is 0 Å². The van der Waals surface area contributed by atoms with Gasteiger partial charge in [-0.15, -0.1) is 5.10 Å². The van der Waals surface area contributed by atoms with E-state index in [1.807, 2.05) is 18.2 Å². The van der Waals surface area contributed by atoms with E-state index in [2.05, 4.69) is 79.7 Å². The molecule has 0 aliphatic carbocycles. The summed E-state index contributed by atoms with van der Waals surface area (Å²) in [6, 6.07) is 8.95. The van der Waals surface area contributed by atoms with E-state index in [1.165, 1.54) is 6.33 Å². The summed E-state index contributed by atoms with van der Waals surface area (Å²) in [7, 11) is -2.85. The highest BCUT2D eigenvalue weighted by Crippen LogP contribution is 2.46. The van der Waals surface area contributed by atoms with Crippen molar-refractivity contribution in [3.63, 3.8) is 0 Å². The van der Waals surface area contributed by atoms with Crippen LogP contribution in [0, 0.1) is 0 Å². The molecule has 1 aliphatic heterocycles. The predicted octanol–water partition coefficient (Wildman–Crippen LogP) is 5.21. The minimum Gasteiger partial charge on any atom is -0.406 e. The molecule has 1 aliphatic rings. The lowest BCUT2D eigenvalue weighted by Crippen LogP contribution is -2.49. The maximum atomic E-state index is 12.8. The maximum absolute atomic E-state index is 12.8. The third kappa shape index (κ3) is 5.76. The van der Waals surface area contributed by atoms with E-state index in [0.717, 1.165) is 6.42 Å². The molecule has 1 saturated heterocycles. The van der Waals surface area contributed by atoms with Gasteiger partial charge >= 0.3 is 0 Å². The molecule has 12 heteroatoms. The molecule has 0 spiro atoms. The van der Waals surface area contributed by atoms with Crippen LogP contribution in [0.4, 0.5) is 5.82 Å². The van der Waals surface area contributed by atoms with Crippen molar-refractivity contribution in [3.05, 3.63) is 42.2 Å². The minimum absolute atomic E-state index is 0.00292. The highest BCUT2D eigenvalue weighted by atomic mass is 31.1. The molecular formula is C25H37N6O4PSi. The van der Waals surface area contributed by atoms with Crippen LogP contribution in [-0.4, -0.2) is 70.8 Å². The van der Waals surface area contributed by atoms with Crippen LogP contribution in [0.3, 0.4) is 0 Å². The lowest BCUT2D eigenvalue weighted by atomic mass is 10.1. The Balaban J connectivity index is 1.72. The Morgan fingerprint density at radius 2 is 1.86 bits per heavy atom. The lowest BCUT2D eigenvalue weighted by molar-refractivity contribution is -0.0402. The van der Waals surface area contributed by atoms with E-state index in [0.29, 0.717) is 16.7 Å². The molecule has 0 bridgehead atoms. The molecule has 3 heterocycles. The molecule has 2 aromatic heterocycles. The van der Waals surface area contributed by atoms with Crippen LogP contribution < -0.4 is 5.32 Å². The Labute approximate surface area is 220 Å². The van der Waals surface area contributed by atoms with E-state index in [9.17, 15) is 4.79 Å². The Morgan fingerprint density at radius 3 is 2.49 bits per heavy atom. The first-order valence-electron chi connectivity index (χ1n) is 12.5. The first kappa shape index (κ1) is 27.7. The molecule has 0 radical (unpaired) electrons. The van der Waals surface area contributed by atoms with Crippen molar-refractivity contribution in [1.82, 2.24) is 25.0 Å². The summed E-state index contributed by atoms with van der Waals surface area (Å²) in [6.07, 6.45) is 0.771. The molecule has 37 heavy (non-hydrogen) atoms. The van der Waals surface area contributed by atoms with Gasteiger partial charge in [-0.3, -0.25) is 4.79 Å². The van der Waals surface area contributed by atoms with Gasteiger partial charge in [0.2, 0.25) is 0 Å². The van der Waals surface area contributed by atoms with Crippen LogP contribution in [0.25, 0.3) is 11.2 Å². The fraction of sp³-hybridized carbons (Fsp3) is 0.560. The normalized spacial score (nSPS) is 22.6. The monoisotopic (exact) mass is 544 g/mol. The summed E-state index contributed by atoms with van der Waals surface area (Å²) in [6.45, 7) is 17.3. The fourth-order valence-electron chi connectivity index (χ4n) is 4.04. The standard InChI is InChI=1S/C25H37N6O4PSi/c1-9-17-19(34-36(5)6)20(35-37(7,8)25(2,3)4)24(33-17)31-22-18(29-30-31)21(26-15-27-22)28-23(32)16-13-11-10-12-14-16/h10-15,17,19-20,24H,9H2,1-8H3,(H,26,27,28,32)/t17-,19+,20?,24-/m1/s1. The number of anilines is 1. The third-order valence-corrected chi connectivity index (χ3v) is 12.2. The highest BCUT2D eigenvalue weighted by molar-refractivity contribution is 7.50. The van der Waals surface area contributed by atoms with Gasteiger partial charge in [0, 0.05) is 13.7 Å². The quantitative estimate of drug-likeness (QED) is 0.304. The number of nitrogens with zero attached hydrogens (tertiary/aromatic N) is 5. The second kappa shape index (κ2) is 10.8. The van der Waals surface area contributed by atoms with Crippen molar-refractivity contribution < 1.29 is 18.5 Å². The number of carbonyl (C=O) groups is 1. The number of fused-ring (bicyclic) bond motifs is 1. The van der Waals surface area contributed by atoms with E-state index in [1.54, 1.807) is 16.8 Å². The van der Waals surface area contributed by atoms with Gasteiger partial charge in [0.1, 0.15) is 18.5 Å². The van der Waals surface area contributed by atoms with Crippen molar-refractivity contribution in [2.75, 3.05) is 18.6 Å². The SMILES string of the molecule is CC[C@H]1O[C@@H](n2nnc3c(NC(=O)c4ccccc4)ncnc32)C(O[Si](C)(C)C(C)(C)C)[C@H]1OP(C)C. The molecular weight excluding hydrogens is 507 g/mol. The first-order chi connectivity index (χ1) is 17.4. The molecule has 4 atom stereocenters. The van der Waals surface area contributed by atoms with Gasteiger partial charge in [0.25, 0.3) is 5.91 Å². The van der Waals surface area contributed by atoms with Gasteiger partial charge in [0.05, 0.1) is 6.10 Å². The van der Waals surface area contributed by atoms with Crippen molar-refractivity contribution in [3.8, 4) is 0 Å². The topological polar surface area (TPSA) is 113 Å². The van der Waals surface area contributed by atoms with E-state index in [-0.39, 0.29) is 29.0 Å². The predicted molar refractivity (Wildman–Crippen MR) is 147 cm³/mol. The minimum atomic E-state index is -2.20. The van der Waals surface area contributed by atoms with Crippen LogP contribution >= 0.6 is 8.15 Å². The molecule has 1 unspecified atom stereocenters. The maximum Gasteiger partial charge on any atom is 0.256 e. The zero-order chi connectivity index (χ0) is 27.0. The fourth-order valence-corrected chi connectivity index (χ4v) is 6.07. The molecule has 1 fully saturated rings.